The fourth-order valence-corrected chi connectivity index (χ4v) is 3.06. The number of halogens is 1. The number of carbonyl (C=O) groups excluding carboxylic acids is 3. The first-order valence-electron chi connectivity index (χ1n) is 8.18. The number of hydrazine groups is 1. The third-order valence-corrected chi connectivity index (χ3v) is 4.77. The molecule has 1 atom stereocenters. The predicted molar refractivity (Wildman–Crippen MR) is 98.7 cm³/mol. The Morgan fingerprint density at radius 3 is 2.54 bits per heavy atom. The molecule has 1 heterocycles. The highest BCUT2D eigenvalue weighted by atomic mass is 35.5. The van der Waals surface area contributed by atoms with Gasteiger partial charge in [0.05, 0.1) is 5.92 Å². The summed E-state index contributed by atoms with van der Waals surface area (Å²) in [6, 6.07) is 13.9. The van der Waals surface area contributed by atoms with Gasteiger partial charge in [-0.2, -0.15) is 0 Å². The fourth-order valence-electron chi connectivity index (χ4n) is 2.89. The Morgan fingerprint density at radius 1 is 1.08 bits per heavy atom. The largest absolute Gasteiger partial charge is 0.311 e. The number of amides is 3. The van der Waals surface area contributed by atoms with Gasteiger partial charge in [-0.25, -0.2) is 0 Å². The minimum Gasteiger partial charge on any atom is -0.311 e. The Balaban J connectivity index is 1.62. The van der Waals surface area contributed by atoms with Crippen molar-refractivity contribution < 1.29 is 14.4 Å². The van der Waals surface area contributed by atoms with Crippen LogP contribution in [0.3, 0.4) is 0 Å². The number of rotatable bonds is 3. The number of nitrogens with one attached hydrogen (secondary N) is 2. The third kappa shape index (κ3) is 3.70. The molecular formula is C19H18ClN3O3. The number of hydrogen-bond donors (Lipinski definition) is 2. The SMILES string of the molecule is Cc1c(Cl)cccc1N1C[C@H](C(=O)NNC(=O)c2ccccc2)CC1=O. The highest BCUT2D eigenvalue weighted by Gasteiger charge is 2.36. The first-order valence-corrected chi connectivity index (χ1v) is 8.56. The van der Waals surface area contributed by atoms with Gasteiger partial charge >= 0.3 is 0 Å². The molecule has 3 amide bonds. The summed E-state index contributed by atoms with van der Waals surface area (Å²) in [4.78, 5) is 38.2. The first kappa shape index (κ1) is 17.9. The van der Waals surface area contributed by atoms with Crippen LogP contribution in [-0.2, 0) is 9.59 Å². The molecule has 1 fully saturated rings. The first-order chi connectivity index (χ1) is 12.5. The Kier molecular flexibility index (Phi) is 5.23. The van der Waals surface area contributed by atoms with E-state index >= 15 is 0 Å². The zero-order valence-corrected chi connectivity index (χ0v) is 14.9. The van der Waals surface area contributed by atoms with E-state index in [0.717, 1.165) is 5.56 Å². The zero-order chi connectivity index (χ0) is 18.7. The van der Waals surface area contributed by atoms with Crippen molar-refractivity contribution in [3.63, 3.8) is 0 Å². The summed E-state index contributed by atoms with van der Waals surface area (Å²) in [6.07, 6.45) is 0.0823. The minimum absolute atomic E-state index is 0.0823. The molecule has 2 aromatic carbocycles. The molecule has 1 saturated heterocycles. The summed E-state index contributed by atoms with van der Waals surface area (Å²) >= 11 is 6.12. The highest BCUT2D eigenvalue weighted by Crippen LogP contribution is 2.31. The maximum absolute atomic E-state index is 12.3. The van der Waals surface area contributed by atoms with Gasteiger partial charge < -0.3 is 4.90 Å². The van der Waals surface area contributed by atoms with Crippen LogP contribution in [0.25, 0.3) is 0 Å². The standard InChI is InChI=1S/C19H18ClN3O3/c1-12-15(20)8-5-9-16(12)23-11-14(10-17(23)24)19(26)22-21-18(25)13-6-3-2-4-7-13/h2-9,14H,10-11H2,1H3,(H,21,25)(H,22,26)/t14-/m1/s1. The Hall–Kier alpha value is -2.86. The van der Waals surface area contributed by atoms with E-state index in [9.17, 15) is 14.4 Å². The summed E-state index contributed by atoms with van der Waals surface area (Å²) in [5, 5.41) is 0.568. The van der Waals surface area contributed by atoms with Gasteiger partial charge in [0.15, 0.2) is 0 Å². The average molecular weight is 372 g/mol. The molecule has 1 aliphatic rings. The molecule has 0 saturated carbocycles. The zero-order valence-electron chi connectivity index (χ0n) is 14.2. The average Bonchev–Trinajstić information content (AvgIpc) is 3.04. The lowest BCUT2D eigenvalue weighted by Gasteiger charge is -2.19. The topological polar surface area (TPSA) is 78.5 Å². The molecule has 2 aromatic rings. The van der Waals surface area contributed by atoms with E-state index in [-0.39, 0.29) is 18.9 Å². The van der Waals surface area contributed by atoms with E-state index in [1.807, 2.05) is 6.92 Å². The van der Waals surface area contributed by atoms with E-state index in [4.69, 9.17) is 11.6 Å². The van der Waals surface area contributed by atoms with Gasteiger partial charge in [0.1, 0.15) is 0 Å². The van der Waals surface area contributed by atoms with Crippen LogP contribution in [-0.4, -0.2) is 24.3 Å². The molecule has 6 nitrogen and oxygen atoms in total. The summed E-state index contributed by atoms with van der Waals surface area (Å²) in [6.45, 7) is 2.07. The Labute approximate surface area is 156 Å². The molecule has 0 spiro atoms. The fraction of sp³-hybridized carbons (Fsp3) is 0.211. The minimum atomic E-state index is -0.544. The van der Waals surface area contributed by atoms with Crippen molar-refractivity contribution in [3.05, 3.63) is 64.7 Å². The van der Waals surface area contributed by atoms with Crippen molar-refractivity contribution in [2.45, 2.75) is 13.3 Å². The number of carbonyl (C=O) groups is 3. The molecule has 3 rings (SSSR count). The molecule has 134 valence electrons. The molecule has 0 bridgehead atoms. The maximum atomic E-state index is 12.3. The monoisotopic (exact) mass is 371 g/mol. The van der Waals surface area contributed by atoms with Gasteiger partial charge in [0.25, 0.3) is 5.91 Å². The number of nitrogens with zero attached hydrogens (tertiary/aromatic N) is 1. The Morgan fingerprint density at radius 2 is 1.81 bits per heavy atom. The lowest BCUT2D eigenvalue weighted by atomic mass is 10.1. The molecule has 7 heteroatoms. The lowest BCUT2D eigenvalue weighted by molar-refractivity contribution is -0.126. The van der Waals surface area contributed by atoms with E-state index in [0.29, 0.717) is 16.3 Å². The second-order valence-electron chi connectivity index (χ2n) is 6.10. The van der Waals surface area contributed by atoms with Crippen LogP contribution in [0.15, 0.2) is 48.5 Å². The van der Waals surface area contributed by atoms with E-state index in [2.05, 4.69) is 10.9 Å². The van der Waals surface area contributed by atoms with Crippen LogP contribution in [0, 0.1) is 12.8 Å². The van der Waals surface area contributed by atoms with Crippen molar-refractivity contribution in [2.75, 3.05) is 11.4 Å². The van der Waals surface area contributed by atoms with Crippen molar-refractivity contribution in [1.82, 2.24) is 10.9 Å². The molecule has 2 N–H and O–H groups in total. The number of anilines is 1. The molecule has 26 heavy (non-hydrogen) atoms. The van der Waals surface area contributed by atoms with Gasteiger partial charge in [-0.05, 0) is 36.8 Å². The lowest BCUT2D eigenvalue weighted by Crippen LogP contribution is -2.45. The van der Waals surface area contributed by atoms with Crippen LogP contribution in [0.4, 0.5) is 5.69 Å². The smallest absolute Gasteiger partial charge is 0.269 e. The summed E-state index contributed by atoms with van der Waals surface area (Å²) < 4.78 is 0. The second kappa shape index (κ2) is 7.58. The normalized spacial score (nSPS) is 16.5. The van der Waals surface area contributed by atoms with Crippen LogP contribution < -0.4 is 15.8 Å². The summed E-state index contributed by atoms with van der Waals surface area (Å²) in [5.41, 5.74) is 6.70. The Bertz CT molecular complexity index is 854. The summed E-state index contributed by atoms with van der Waals surface area (Å²) in [7, 11) is 0. The molecule has 0 radical (unpaired) electrons. The molecule has 0 aromatic heterocycles. The van der Waals surface area contributed by atoms with Crippen LogP contribution in [0.2, 0.25) is 5.02 Å². The van der Waals surface area contributed by atoms with Gasteiger partial charge in [0.2, 0.25) is 11.8 Å². The predicted octanol–water partition coefficient (Wildman–Crippen LogP) is 2.46. The van der Waals surface area contributed by atoms with Crippen molar-refractivity contribution in [2.24, 2.45) is 5.92 Å². The highest BCUT2D eigenvalue weighted by molar-refractivity contribution is 6.31. The van der Waals surface area contributed by atoms with Crippen molar-refractivity contribution in [1.29, 1.82) is 0 Å². The van der Waals surface area contributed by atoms with Crippen LogP contribution in [0.1, 0.15) is 22.3 Å². The maximum Gasteiger partial charge on any atom is 0.269 e. The van der Waals surface area contributed by atoms with Gasteiger partial charge in [0, 0.05) is 29.2 Å². The third-order valence-electron chi connectivity index (χ3n) is 4.36. The molecule has 0 unspecified atom stereocenters. The quantitative estimate of drug-likeness (QED) is 0.813. The van der Waals surface area contributed by atoms with Gasteiger partial charge in [-0.15, -0.1) is 0 Å². The molecule has 0 aliphatic carbocycles. The van der Waals surface area contributed by atoms with Gasteiger partial charge in [-0.3, -0.25) is 25.2 Å². The summed E-state index contributed by atoms with van der Waals surface area (Å²) in [5.74, 6) is -1.50. The number of benzene rings is 2. The second-order valence-corrected chi connectivity index (χ2v) is 6.51. The number of hydrogen-bond acceptors (Lipinski definition) is 3. The van der Waals surface area contributed by atoms with Gasteiger partial charge in [-0.1, -0.05) is 35.9 Å². The van der Waals surface area contributed by atoms with E-state index in [1.54, 1.807) is 53.4 Å². The van der Waals surface area contributed by atoms with Crippen LogP contribution in [0.5, 0.6) is 0 Å². The molecule has 1 aliphatic heterocycles. The van der Waals surface area contributed by atoms with Crippen molar-refractivity contribution in [3.8, 4) is 0 Å². The van der Waals surface area contributed by atoms with Crippen LogP contribution >= 0.6 is 11.6 Å². The van der Waals surface area contributed by atoms with E-state index in [1.165, 1.54) is 0 Å². The molecular weight excluding hydrogens is 354 g/mol. The van der Waals surface area contributed by atoms with Crippen molar-refractivity contribution >= 4 is 35.0 Å². The van der Waals surface area contributed by atoms with E-state index < -0.39 is 17.7 Å².